The minimum absolute atomic E-state index is 0.179. The first-order valence-electron chi connectivity index (χ1n) is 6.68. The van der Waals surface area contributed by atoms with Gasteiger partial charge in [0.15, 0.2) is 0 Å². The first-order chi connectivity index (χ1) is 10.8. The first-order valence-corrected chi connectivity index (χ1v) is 8.40. The summed E-state index contributed by atoms with van der Waals surface area (Å²) in [4.78, 5) is 19.9. The first kappa shape index (κ1) is 14.8. The molecule has 0 saturated heterocycles. The van der Waals surface area contributed by atoms with Crippen molar-refractivity contribution in [1.82, 2.24) is 9.97 Å². The Morgan fingerprint density at radius 1 is 0.864 bits per heavy atom. The van der Waals surface area contributed by atoms with Crippen molar-refractivity contribution in [2.75, 3.05) is 0 Å². The van der Waals surface area contributed by atoms with Gasteiger partial charge in [0, 0.05) is 7.92 Å². The van der Waals surface area contributed by atoms with Gasteiger partial charge in [0.25, 0.3) is 5.24 Å². The molecule has 0 saturated carbocycles. The predicted molar refractivity (Wildman–Crippen MR) is 90.9 cm³/mol. The Morgan fingerprint density at radius 3 is 1.91 bits per heavy atom. The standard InChI is InChI=1S/C17H12ClN2OP/c18-17(21)15-11-19-12-16(20-15)22(13-7-3-1-4-8-13)14-9-5-2-6-10-14/h1-12H. The van der Waals surface area contributed by atoms with E-state index < -0.39 is 13.2 Å². The van der Waals surface area contributed by atoms with Gasteiger partial charge in [-0.05, 0) is 22.2 Å². The second-order valence-electron chi connectivity index (χ2n) is 4.54. The van der Waals surface area contributed by atoms with Gasteiger partial charge in [0.2, 0.25) is 0 Å². The number of nitrogens with zero attached hydrogens (tertiary/aromatic N) is 2. The van der Waals surface area contributed by atoms with Gasteiger partial charge in [-0.1, -0.05) is 60.7 Å². The molecule has 0 aliphatic heterocycles. The topological polar surface area (TPSA) is 42.9 Å². The molecule has 0 amide bonds. The molecule has 3 nitrogen and oxygen atoms in total. The Bertz CT molecular complexity index is 741. The van der Waals surface area contributed by atoms with Crippen LogP contribution in [0.4, 0.5) is 0 Å². The van der Waals surface area contributed by atoms with E-state index in [1.807, 2.05) is 36.4 Å². The zero-order valence-electron chi connectivity index (χ0n) is 11.6. The maximum Gasteiger partial charge on any atom is 0.272 e. The van der Waals surface area contributed by atoms with Crippen molar-refractivity contribution >= 4 is 40.8 Å². The van der Waals surface area contributed by atoms with E-state index in [9.17, 15) is 4.79 Å². The maximum absolute atomic E-state index is 11.4. The summed E-state index contributed by atoms with van der Waals surface area (Å²) in [6.45, 7) is 0. The average Bonchev–Trinajstić information content (AvgIpc) is 2.57. The van der Waals surface area contributed by atoms with E-state index in [1.54, 1.807) is 6.20 Å². The molecule has 0 N–H and O–H groups in total. The zero-order chi connectivity index (χ0) is 15.4. The molecule has 0 atom stereocenters. The summed E-state index contributed by atoms with van der Waals surface area (Å²) < 4.78 is 0. The summed E-state index contributed by atoms with van der Waals surface area (Å²) in [5, 5.41) is 1.71. The third kappa shape index (κ3) is 3.22. The fourth-order valence-electron chi connectivity index (χ4n) is 2.13. The molecule has 0 aliphatic carbocycles. The molecule has 2 aromatic carbocycles. The lowest BCUT2D eigenvalue weighted by molar-refractivity contribution is 0.107. The second-order valence-corrected chi connectivity index (χ2v) is 7.05. The Balaban J connectivity index is 2.14. The number of carbonyl (C=O) groups excluding carboxylic acids is 1. The largest absolute Gasteiger partial charge is 0.274 e. The van der Waals surface area contributed by atoms with E-state index in [4.69, 9.17) is 11.6 Å². The molecular formula is C17H12ClN2OP. The molecule has 0 fully saturated rings. The van der Waals surface area contributed by atoms with Crippen molar-refractivity contribution < 1.29 is 4.79 Å². The molecule has 3 aromatic rings. The Hall–Kier alpha value is -2.09. The van der Waals surface area contributed by atoms with Gasteiger partial charge in [-0.2, -0.15) is 0 Å². The van der Waals surface area contributed by atoms with Gasteiger partial charge in [0.1, 0.15) is 5.69 Å². The number of rotatable bonds is 4. The van der Waals surface area contributed by atoms with E-state index in [1.165, 1.54) is 6.20 Å². The van der Waals surface area contributed by atoms with Crippen LogP contribution in [0.3, 0.4) is 0 Å². The summed E-state index contributed by atoms with van der Waals surface area (Å²) in [6.07, 6.45) is 3.09. The van der Waals surface area contributed by atoms with Gasteiger partial charge in [-0.25, -0.2) is 4.98 Å². The minimum Gasteiger partial charge on any atom is -0.274 e. The molecule has 5 heteroatoms. The monoisotopic (exact) mass is 326 g/mol. The number of carbonyl (C=O) groups is 1. The van der Waals surface area contributed by atoms with Crippen LogP contribution in [-0.4, -0.2) is 15.2 Å². The lowest BCUT2D eigenvalue weighted by Gasteiger charge is -2.17. The highest BCUT2D eigenvalue weighted by molar-refractivity contribution is 7.79. The third-order valence-corrected chi connectivity index (χ3v) is 5.58. The van der Waals surface area contributed by atoms with Gasteiger partial charge < -0.3 is 0 Å². The molecule has 3 rings (SSSR count). The average molecular weight is 327 g/mol. The highest BCUT2D eigenvalue weighted by atomic mass is 35.5. The van der Waals surface area contributed by atoms with Gasteiger partial charge in [0.05, 0.1) is 17.8 Å². The van der Waals surface area contributed by atoms with Crippen molar-refractivity contribution in [3.05, 3.63) is 78.8 Å². The highest BCUT2D eigenvalue weighted by Crippen LogP contribution is 2.31. The molecule has 0 bridgehead atoms. The highest BCUT2D eigenvalue weighted by Gasteiger charge is 2.19. The van der Waals surface area contributed by atoms with Crippen LogP contribution < -0.4 is 16.0 Å². The minimum atomic E-state index is -0.871. The van der Waals surface area contributed by atoms with E-state index in [-0.39, 0.29) is 5.69 Å². The quantitative estimate of drug-likeness (QED) is 0.547. The molecule has 22 heavy (non-hydrogen) atoms. The number of halogens is 1. The molecule has 108 valence electrons. The van der Waals surface area contributed by atoms with Gasteiger partial charge in [-0.3, -0.25) is 9.78 Å². The second kappa shape index (κ2) is 6.78. The molecule has 0 radical (unpaired) electrons. The summed E-state index contributed by atoms with van der Waals surface area (Å²) in [6, 6.07) is 20.2. The van der Waals surface area contributed by atoms with E-state index in [0.717, 1.165) is 16.0 Å². The molecule has 1 aromatic heterocycles. The van der Waals surface area contributed by atoms with Crippen molar-refractivity contribution in [3.63, 3.8) is 0 Å². The SMILES string of the molecule is O=C(Cl)c1cncc(P(c2ccccc2)c2ccccc2)n1. The molecule has 0 spiro atoms. The number of benzene rings is 2. The van der Waals surface area contributed by atoms with Crippen LogP contribution in [0, 0.1) is 0 Å². The van der Waals surface area contributed by atoms with Crippen LogP contribution >= 0.6 is 19.5 Å². The molecule has 0 aliphatic rings. The zero-order valence-corrected chi connectivity index (χ0v) is 13.2. The van der Waals surface area contributed by atoms with E-state index in [2.05, 4.69) is 34.2 Å². The van der Waals surface area contributed by atoms with Crippen LogP contribution in [0.25, 0.3) is 0 Å². The smallest absolute Gasteiger partial charge is 0.272 e. The number of hydrogen-bond acceptors (Lipinski definition) is 3. The van der Waals surface area contributed by atoms with Crippen LogP contribution in [0.5, 0.6) is 0 Å². The predicted octanol–water partition coefficient (Wildman–Crippen LogP) is 2.61. The van der Waals surface area contributed by atoms with Gasteiger partial charge in [-0.15, -0.1) is 0 Å². The van der Waals surface area contributed by atoms with Gasteiger partial charge >= 0.3 is 0 Å². The van der Waals surface area contributed by atoms with Crippen LogP contribution in [0.15, 0.2) is 73.1 Å². The van der Waals surface area contributed by atoms with Crippen LogP contribution in [0.2, 0.25) is 0 Å². The fraction of sp³-hybridized carbons (Fsp3) is 0. The van der Waals surface area contributed by atoms with Crippen molar-refractivity contribution in [2.24, 2.45) is 0 Å². The Kier molecular flexibility index (Phi) is 4.57. The lowest BCUT2D eigenvalue weighted by atomic mass is 10.4. The molecular weight excluding hydrogens is 315 g/mol. The Morgan fingerprint density at radius 2 is 1.41 bits per heavy atom. The summed E-state index contributed by atoms with van der Waals surface area (Å²) in [7, 11) is -0.871. The van der Waals surface area contributed by atoms with Crippen molar-refractivity contribution in [3.8, 4) is 0 Å². The van der Waals surface area contributed by atoms with Crippen LogP contribution in [-0.2, 0) is 0 Å². The van der Waals surface area contributed by atoms with E-state index >= 15 is 0 Å². The van der Waals surface area contributed by atoms with Crippen molar-refractivity contribution in [1.29, 1.82) is 0 Å². The fourth-order valence-corrected chi connectivity index (χ4v) is 4.37. The Labute approximate surface area is 134 Å². The summed E-state index contributed by atoms with van der Waals surface area (Å²) in [5.41, 5.74) is 0.942. The number of aromatic nitrogens is 2. The van der Waals surface area contributed by atoms with Crippen molar-refractivity contribution in [2.45, 2.75) is 0 Å². The summed E-state index contributed by atoms with van der Waals surface area (Å²) in [5.74, 6) is 0. The summed E-state index contributed by atoms with van der Waals surface area (Å²) >= 11 is 5.54. The molecule has 1 heterocycles. The number of hydrogen-bond donors (Lipinski definition) is 0. The van der Waals surface area contributed by atoms with Crippen LogP contribution in [0.1, 0.15) is 10.5 Å². The third-order valence-electron chi connectivity index (χ3n) is 3.08. The normalized spacial score (nSPS) is 10.6. The lowest BCUT2D eigenvalue weighted by Crippen LogP contribution is -2.24. The van der Waals surface area contributed by atoms with E-state index in [0.29, 0.717) is 0 Å². The molecule has 0 unspecified atom stereocenters. The maximum atomic E-state index is 11.4.